The van der Waals surface area contributed by atoms with Gasteiger partial charge < -0.3 is 26.0 Å². The Kier molecular flexibility index (Phi) is 10.8. The summed E-state index contributed by atoms with van der Waals surface area (Å²) in [7, 11) is 2.93. The molecule has 2 bridgehead atoms. The van der Waals surface area contributed by atoms with E-state index in [9.17, 15) is 24.0 Å². The molecule has 12 heteroatoms. The number of rotatable bonds is 1. The molecule has 2 rings (SSSR count). The molecule has 10 nitrogen and oxygen atoms in total. The third-order valence-electron chi connectivity index (χ3n) is 4.79. The minimum atomic E-state index is -0.992. The molecule has 0 aromatic rings. The molecule has 2 aliphatic heterocycles. The van der Waals surface area contributed by atoms with Gasteiger partial charge in [0.15, 0.2) is 0 Å². The normalized spacial score (nSPS) is 28.8. The molecule has 1 fully saturated rings. The van der Waals surface area contributed by atoms with Gasteiger partial charge in [0.05, 0.1) is 13.0 Å². The zero-order chi connectivity index (χ0) is 24.4. The van der Waals surface area contributed by atoms with Crippen LogP contribution in [0.15, 0.2) is 23.9 Å². The predicted octanol–water partition coefficient (Wildman–Crippen LogP) is 0.405. The van der Waals surface area contributed by atoms with Crippen molar-refractivity contribution in [1.82, 2.24) is 21.3 Å². The van der Waals surface area contributed by atoms with Crippen LogP contribution in [0.4, 0.5) is 0 Å². The predicted molar refractivity (Wildman–Crippen MR) is 127 cm³/mol. The van der Waals surface area contributed by atoms with E-state index in [1.165, 1.54) is 27.7 Å². The summed E-state index contributed by atoms with van der Waals surface area (Å²) in [5, 5.41) is 10.2. The highest BCUT2D eigenvalue weighted by molar-refractivity contribution is 8.76. The molecule has 0 saturated carbocycles. The lowest BCUT2D eigenvalue weighted by molar-refractivity contribution is -0.153. The number of carbonyl (C=O) groups excluding carboxylic acids is 5. The van der Waals surface area contributed by atoms with Crippen LogP contribution in [0.3, 0.4) is 0 Å². The van der Waals surface area contributed by atoms with Gasteiger partial charge >= 0.3 is 5.97 Å². The average molecular weight is 499 g/mol. The smallest absolute Gasteiger partial charge is 0.329 e. The maximum Gasteiger partial charge on any atom is 0.329 e. The van der Waals surface area contributed by atoms with Crippen LogP contribution in [0.1, 0.15) is 33.6 Å². The number of hydrogen-bond acceptors (Lipinski definition) is 8. The monoisotopic (exact) mass is 498 g/mol. The first-order valence-electron chi connectivity index (χ1n) is 10.7. The van der Waals surface area contributed by atoms with Crippen LogP contribution in [0.25, 0.3) is 0 Å². The molecule has 0 aliphatic carbocycles. The van der Waals surface area contributed by atoms with Crippen molar-refractivity contribution in [2.45, 2.75) is 51.8 Å². The second kappa shape index (κ2) is 13.3. The Morgan fingerprint density at radius 2 is 1.85 bits per heavy atom. The standard InChI is InChI=1S/C21H30N4O6S2/c1-4-14-19(28)25-18(12(2)3)21(30)31-13-7-5-6-8-32-33-11-15(20(29)24-14)23-17(27)10-22-16(26)9-13/h4-5,7,12-13,15,18H,6,8-11H2,1-3H3,(H,22,26)(H,23,27)(H,24,29)(H,25,28)/b7-5+,14-4-/t13-,15-,18+/m1/s1. The van der Waals surface area contributed by atoms with E-state index < -0.39 is 47.8 Å². The Labute approximate surface area is 200 Å². The first kappa shape index (κ1) is 26.8. The lowest BCUT2D eigenvalue weighted by atomic mass is 10.0. The quantitative estimate of drug-likeness (QED) is 0.176. The molecule has 1 saturated heterocycles. The van der Waals surface area contributed by atoms with Gasteiger partial charge in [0, 0.05) is 11.5 Å². The van der Waals surface area contributed by atoms with Crippen molar-refractivity contribution in [3.05, 3.63) is 23.9 Å². The van der Waals surface area contributed by atoms with E-state index in [2.05, 4.69) is 21.3 Å². The highest BCUT2D eigenvalue weighted by Crippen LogP contribution is 2.23. The molecule has 0 aromatic heterocycles. The molecule has 4 N–H and O–H groups in total. The Balaban J connectivity index is 2.45. The summed E-state index contributed by atoms with van der Waals surface area (Å²) in [6, 6.07) is -1.92. The summed E-state index contributed by atoms with van der Waals surface area (Å²) in [5.74, 6) is -2.30. The zero-order valence-electron chi connectivity index (χ0n) is 18.8. The van der Waals surface area contributed by atoms with Crippen molar-refractivity contribution < 1.29 is 28.7 Å². The third-order valence-corrected chi connectivity index (χ3v) is 7.23. The van der Waals surface area contributed by atoms with Gasteiger partial charge in [-0.25, -0.2) is 4.79 Å². The number of fused-ring (bicyclic) bond motifs is 7. The van der Waals surface area contributed by atoms with Crippen molar-refractivity contribution in [2.24, 2.45) is 5.92 Å². The van der Waals surface area contributed by atoms with Crippen LogP contribution in [-0.2, 0) is 28.7 Å². The van der Waals surface area contributed by atoms with Crippen molar-refractivity contribution >= 4 is 51.2 Å². The van der Waals surface area contributed by atoms with Crippen LogP contribution < -0.4 is 21.3 Å². The second-order valence-electron chi connectivity index (χ2n) is 7.79. The summed E-state index contributed by atoms with van der Waals surface area (Å²) in [4.78, 5) is 63.3. The van der Waals surface area contributed by atoms with Gasteiger partial charge in [0.1, 0.15) is 23.9 Å². The van der Waals surface area contributed by atoms with E-state index in [0.717, 1.165) is 0 Å². The number of hydrogen-bond donors (Lipinski definition) is 4. The number of amides is 4. The summed E-state index contributed by atoms with van der Waals surface area (Å²) in [6.07, 6.45) is 4.50. The molecule has 0 spiro atoms. The van der Waals surface area contributed by atoms with Crippen LogP contribution >= 0.6 is 21.6 Å². The van der Waals surface area contributed by atoms with Gasteiger partial charge in [-0.2, -0.15) is 0 Å². The van der Waals surface area contributed by atoms with E-state index >= 15 is 0 Å². The maximum atomic E-state index is 12.9. The lowest BCUT2D eigenvalue weighted by Gasteiger charge is -2.25. The van der Waals surface area contributed by atoms with Crippen LogP contribution in [-0.4, -0.2) is 65.8 Å². The molecular weight excluding hydrogens is 468 g/mol. The molecule has 33 heavy (non-hydrogen) atoms. The van der Waals surface area contributed by atoms with Crippen molar-refractivity contribution in [2.75, 3.05) is 18.1 Å². The van der Waals surface area contributed by atoms with Gasteiger partial charge in [-0.3, -0.25) is 19.2 Å². The van der Waals surface area contributed by atoms with Gasteiger partial charge in [-0.05, 0) is 25.3 Å². The second-order valence-corrected chi connectivity index (χ2v) is 10.4. The Hall–Kier alpha value is -2.47. The van der Waals surface area contributed by atoms with E-state index in [1.807, 2.05) is 6.08 Å². The number of carbonyl (C=O) groups is 5. The fraction of sp³-hybridized carbons (Fsp3) is 0.571. The van der Waals surface area contributed by atoms with E-state index in [0.29, 0.717) is 12.2 Å². The fourth-order valence-corrected chi connectivity index (χ4v) is 5.13. The molecule has 4 amide bonds. The minimum Gasteiger partial charge on any atom is -0.456 e. The molecule has 0 aromatic carbocycles. The van der Waals surface area contributed by atoms with Crippen molar-refractivity contribution in [3.8, 4) is 0 Å². The average Bonchev–Trinajstić information content (AvgIpc) is 2.76. The Morgan fingerprint density at radius 3 is 2.55 bits per heavy atom. The molecule has 2 heterocycles. The molecule has 3 atom stereocenters. The minimum absolute atomic E-state index is 0.0449. The number of allylic oxidation sites excluding steroid dienone is 2. The van der Waals surface area contributed by atoms with Crippen LogP contribution in [0, 0.1) is 5.92 Å². The lowest BCUT2D eigenvalue weighted by Crippen LogP contribution is -2.53. The van der Waals surface area contributed by atoms with Gasteiger partial charge in [-0.15, -0.1) is 0 Å². The van der Waals surface area contributed by atoms with Gasteiger partial charge in [0.2, 0.25) is 17.7 Å². The number of nitrogens with one attached hydrogen (secondary N) is 4. The number of esters is 1. The molecule has 0 unspecified atom stereocenters. The summed E-state index contributed by atoms with van der Waals surface area (Å²) < 4.78 is 5.55. The topological polar surface area (TPSA) is 143 Å². The van der Waals surface area contributed by atoms with Gasteiger partial charge in [0.25, 0.3) is 5.91 Å². The Morgan fingerprint density at radius 1 is 1.09 bits per heavy atom. The summed E-state index contributed by atoms with van der Waals surface area (Å²) in [6.45, 7) is 4.74. The highest BCUT2D eigenvalue weighted by Gasteiger charge is 2.31. The van der Waals surface area contributed by atoms with E-state index in [-0.39, 0.29) is 30.3 Å². The van der Waals surface area contributed by atoms with Crippen LogP contribution in [0.2, 0.25) is 0 Å². The molecule has 0 radical (unpaired) electrons. The largest absolute Gasteiger partial charge is 0.456 e. The molecular formula is C21H30N4O6S2. The molecule has 182 valence electrons. The maximum absolute atomic E-state index is 12.9. The molecule has 2 aliphatic rings. The third kappa shape index (κ3) is 8.77. The fourth-order valence-electron chi connectivity index (χ4n) is 2.97. The first-order chi connectivity index (χ1) is 15.7. The van der Waals surface area contributed by atoms with Crippen molar-refractivity contribution in [1.29, 1.82) is 0 Å². The highest BCUT2D eigenvalue weighted by atomic mass is 33.1. The summed E-state index contributed by atoms with van der Waals surface area (Å²) >= 11 is 0. The van der Waals surface area contributed by atoms with Crippen molar-refractivity contribution in [3.63, 3.8) is 0 Å². The Bertz CT molecular complexity index is 830. The van der Waals surface area contributed by atoms with Gasteiger partial charge in [-0.1, -0.05) is 47.6 Å². The summed E-state index contributed by atoms with van der Waals surface area (Å²) in [5.41, 5.74) is -0.0449. The zero-order valence-corrected chi connectivity index (χ0v) is 20.5. The SMILES string of the molecule is C/C=C1\NC(=O)[C@H]2CSSCC/C=C/[C@H](CC(=O)NCC(=O)N2)OC(=O)[C@H](C(C)C)NC1=O. The number of ether oxygens (including phenoxy) is 1. The van der Waals surface area contributed by atoms with E-state index in [4.69, 9.17) is 4.74 Å². The first-order valence-corrected chi connectivity index (χ1v) is 13.2. The van der Waals surface area contributed by atoms with E-state index in [1.54, 1.807) is 26.8 Å². The van der Waals surface area contributed by atoms with Crippen LogP contribution in [0.5, 0.6) is 0 Å².